The van der Waals surface area contributed by atoms with E-state index in [4.69, 9.17) is 16.7 Å². The molecule has 0 saturated heterocycles. The maximum Gasteiger partial charge on any atom is 0.308 e. The number of thiophene rings is 1. The van der Waals surface area contributed by atoms with E-state index >= 15 is 0 Å². The normalized spacial score (nSPS) is 10.3. The molecule has 0 unspecified atom stereocenters. The number of rotatable bonds is 5. The highest BCUT2D eigenvalue weighted by molar-refractivity contribution is 7.12. The minimum Gasteiger partial charge on any atom is -0.481 e. The van der Waals surface area contributed by atoms with Gasteiger partial charge in [-0.1, -0.05) is 11.6 Å². The first kappa shape index (κ1) is 12.9. The van der Waals surface area contributed by atoms with Crippen molar-refractivity contribution >= 4 is 34.6 Å². The van der Waals surface area contributed by atoms with E-state index in [1.807, 2.05) is 18.2 Å². The maximum atomic E-state index is 10.6. The second-order valence-corrected chi connectivity index (χ2v) is 5.30. The molecule has 0 spiro atoms. The molecular formula is C12H11ClN2O2S. The van der Waals surface area contributed by atoms with Crippen LogP contribution in [0, 0.1) is 0 Å². The van der Waals surface area contributed by atoms with Gasteiger partial charge in [0.25, 0.3) is 0 Å². The summed E-state index contributed by atoms with van der Waals surface area (Å²) in [6.45, 7) is 0.646. The van der Waals surface area contributed by atoms with Gasteiger partial charge in [-0.3, -0.25) is 4.79 Å². The number of nitrogens with one attached hydrogen (secondary N) is 1. The van der Waals surface area contributed by atoms with Gasteiger partial charge in [0.1, 0.15) is 5.15 Å². The van der Waals surface area contributed by atoms with Gasteiger partial charge in [0.15, 0.2) is 0 Å². The van der Waals surface area contributed by atoms with Crippen molar-refractivity contribution in [1.29, 1.82) is 0 Å². The molecule has 94 valence electrons. The predicted octanol–water partition coefficient (Wildman–Crippen LogP) is 3.04. The molecule has 0 aliphatic heterocycles. The van der Waals surface area contributed by atoms with Crippen LogP contribution in [0.25, 0.3) is 0 Å². The third-order valence-corrected chi connectivity index (χ3v) is 3.55. The first-order chi connectivity index (χ1) is 8.63. The van der Waals surface area contributed by atoms with Gasteiger partial charge in [-0.25, -0.2) is 4.98 Å². The maximum absolute atomic E-state index is 10.6. The molecular weight excluding hydrogens is 272 g/mol. The Hall–Kier alpha value is -1.59. The largest absolute Gasteiger partial charge is 0.481 e. The van der Waals surface area contributed by atoms with Gasteiger partial charge in [-0.15, -0.1) is 11.3 Å². The van der Waals surface area contributed by atoms with Gasteiger partial charge < -0.3 is 10.4 Å². The summed E-state index contributed by atoms with van der Waals surface area (Å²) in [5, 5.41) is 12.3. The van der Waals surface area contributed by atoms with E-state index in [0.29, 0.717) is 11.7 Å². The number of aliphatic carboxylic acids is 1. The monoisotopic (exact) mass is 282 g/mol. The zero-order chi connectivity index (χ0) is 13.0. The Morgan fingerprint density at radius 1 is 1.33 bits per heavy atom. The van der Waals surface area contributed by atoms with Crippen LogP contribution >= 0.6 is 22.9 Å². The Kier molecular flexibility index (Phi) is 4.17. The van der Waals surface area contributed by atoms with Gasteiger partial charge >= 0.3 is 5.97 Å². The number of pyridine rings is 1. The molecule has 2 heterocycles. The van der Waals surface area contributed by atoms with E-state index in [9.17, 15) is 4.79 Å². The first-order valence-electron chi connectivity index (χ1n) is 5.28. The highest BCUT2D eigenvalue weighted by Gasteiger charge is 2.04. The van der Waals surface area contributed by atoms with Crippen molar-refractivity contribution in [3.05, 3.63) is 45.4 Å². The minimum atomic E-state index is -0.807. The van der Waals surface area contributed by atoms with Gasteiger partial charge in [0.2, 0.25) is 0 Å². The summed E-state index contributed by atoms with van der Waals surface area (Å²) >= 11 is 7.18. The first-order valence-corrected chi connectivity index (χ1v) is 6.48. The van der Waals surface area contributed by atoms with Crippen molar-refractivity contribution < 1.29 is 9.90 Å². The minimum absolute atomic E-state index is 0.0766. The van der Waals surface area contributed by atoms with Crippen molar-refractivity contribution in [1.82, 2.24) is 4.98 Å². The highest BCUT2D eigenvalue weighted by atomic mass is 35.5. The van der Waals surface area contributed by atoms with E-state index in [0.717, 1.165) is 15.4 Å². The van der Waals surface area contributed by atoms with Crippen LogP contribution in [0.5, 0.6) is 0 Å². The summed E-state index contributed by atoms with van der Waals surface area (Å²) in [6.07, 6.45) is 1.74. The number of aromatic nitrogens is 1. The smallest absolute Gasteiger partial charge is 0.308 e. The Bertz CT molecular complexity index is 539. The van der Waals surface area contributed by atoms with Crippen molar-refractivity contribution in [2.75, 3.05) is 5.32 Å². The molecule has 2 rings (SSSR count). The summed E-state index contributed by atoms with van der Waals surface area (Å²) in [7, 11) is 0. The number of carbonyl (C=O) groups is 1. The lowest BCUT2D eigenvalue weighted by Crippen LogP contribution is -1.98. The molecule has 6 heteroatoms. The van der Waals surface area contributed by atoms with E-state index in [1.54, 1.807) is 12.3 Å². The Labute approximate surface area is 113 Å². The van der Waals surface area contributed by atoms with Crippen molar-refractivity contribution in [2.24, 2.45) is 0 Å². The average Bonchev–Trinajstić information content (AvgIpc) is 2.75. The summed E-state index contributed by atoms with van der Waals surface area (Å²) in [5.74, 6) is -0.807. The van der Waals surface area contributed by atoms with Crippen molar-refractivity contribution in [3.8, 4) is 0 Å². The molecule has 4 nitrogen and oxygen atoms in total. The molecule has 0 aliphatic rings. The molecule has 2 N–H and O–H groups in total. The Balaban J connectivity index is 1.92. The fourth-order valence-corrected chi connectivity index (χ4v) is 2.49. The van der Waals surface area contributed by atoms with Gasteiger partial charge in [-0.05, 0) is 24.3 Å². The average molecular weight is 283 g/mol. The SMILES string of the molecule is O=C(O)Cc1ccc(CNc2ccc(Cl)nc2)s1. The summed E-state index contributed by atoms with van der Waals surface area (Å²) < 4.78 is 0. The summed E-state index contributed by atoms with van der Waals surface area (Å²) in [4.78, 5) is 16.5. The molecule has 0 atom stereocenters. The Morgan fingerprint density at radius 2 is 2.11 bits per heavy atom. The van der Waals surface area contributed by atoms with E-state index in [-0.39, 0.29) is 6.42 Å². The van der Waals surface area contributed by atoms with E-state index < -0.39 is 5.97 Å². The van der Waals surface area contributed by atoms with Crippen LogP contribution < -0.4 is 5.32 Å². The number of hydrogen-bond acceptors (Lipinski definition) is 4. The third-order valence-electron chi connectivity index (χ3n) is 2.24. The lowest BCUT2D eigenvalue weighted by molar-refractivity contribution is -0.136. The molecule has 0 fully saturated rings. The van der Waals surface area contributed by atoms with Gasteiger partial charge in [0.05, 0.1) is 18.3 Å². The molecule has 0 radical (unpaired) electrons. The predicted molar refractivity (Wildman–Crippen MR) is 72.2 cm³/mol. The molecule has 2 aromatic rings. The van der Waals surface area contributed by atoms with Crippen LogP contribution in [-0.4, -0.2) is 16.1 Å². The number of carboxylic acid groups (broad SMARTS) is 1. The fourth-order valence-electron chi connectivity index (χ4n) is 1.43. The van der Waals surface area contributed by atoms with Gasteiger partial charge in [0, 0.05) is 16.3 Å². The topological polar surface area (TPSA) is 62.2 Å². The fraction of sp³-hybridized carbons (Fsp3) is 0.167. The number of anilines is 1. The number of hydrogen-bond donors (Lipinski definition) is 2. The zero-order valence-electron chi connectivity index (χ0n) is 9.39. The second-order valence-electron chi connectivity index (χ2n) is 3.66. The third kappa shape index (κ3) is 3.72. The Morgan fingerprint density at radius 3 is 2.78 bits per heavy atom. The van der Waals surface area contributed by atoms with Crippen LogP contribution in [0.2, 0.25) is 5.15 Å². The van der Waals surface area contributed by atoms with Crippen LogP contribution in [0.3, 0.4) is 0 Å². The molecule has 0 bridgehead atoms. The molecule has 0 aliphatic carbocycles. The van der Waals surface area contributed by atoms with E-state index in [2.05, 4.69) is 10.3 Å². The number of carboxylic acids is 1. The lowest BCUT2D eigenvalue weighted by Gasteiger charge is -2.03. The summed E-state index contributed by atoms with van der Waals surface area (Å²) in [6, 6.07) is 7.34. The summed E-state index contributed by atoms with van der Waals surface area (Å²) in [5.41, 5.74) is 0.882. The zero-order valence-corrected chi connectivity index (χ0v) is 11.0. The molecule has 0 aromatic carbocycles. The number of nitrogens with zero attached hydrogens (tertiary/aromatic N) is 1. The molecule has 0 amide bonds. The van der Waals surface area contributed by atoms with Crippen molar-refractivity contribution in [2.45, 2.75) is 13.0 Å². The van der Waals surface area contributed by atoms with Gasteiger partial charge in [-0.2, -0.15) is 0 Å². The van der Waals surface area contributed by atoms with Crippen LogP contribution in [0.1, 0.15) is 9.75 Å². The molecule has 2 aromatic heterocycles. The molecule has 18 heavy (non-hydrogen) atoms. The standard InChI is InChI=1S/C12H11ClN2O2S/c13-11-4-1-8(6-15-11)14-7-10-3-2-9(18-10)5-12(16)17/h1-4,6,14H,5,7H2,(H,16,17). The lowest BCUT2D eigenvalue weighted by atomic mass is 10.3. The quantitative estimate of drug-likeness (QED) is 0.828. The highest BCUT2D eigenvalue weighted by Crippen LogP contribution is 2.19. The van der Waals surface area contributed by atoms with Crippen LogP contribution in [-0.2, 0) is 17.8 Å². The van der Waals surface area contributed by atoms with Crippen LogP contribution in [0.4, 0.5) is 5.69 Å². The number of halogens is 1. The molecule has 0 saturated carbocycles. The second kappa shape index (κ2) is 5.84. The van der Waals surface area contributed by atoms with Crippen molar-refractivity contribution in [3.63, 3.8) is 0 Å². The van der Waals surface area contributed by atoms with E-state index in [1.165, 1.54) is 11.3 Å². The van der Waals surface area contributed by atoms with Crippen LogP contribution in [0.15, 0.2) is 30.5 Å².